The van der Waals surface area contributed by atoms with Gasteiger partial charge in [-0.2, -0.15) is 9.61 Å². The van der Waals surface area contributed by atoms with Crippen LogP contribution in [0.3, 0.4) is 0 Å². The molecule has 25 heavy (non-hydrogen) atoms. The largest absolute Gasteiger partial charge is 0.207 e. The van der Waals surface area contributed by atoms with Crippen molar-refractivity contribution in [2.45, 2.75) is 17.2 Å². The summed E-state index contributed by atoms with van der Waals surface area (Å²) in [6.45, 7) is 2.14. The first kappa shape index (κ1) is 15.8. The zero-order chi connectivity index (χ0) is 17.2. The lowest BCUT2D eigenvalue weighted by Gasteiger charge is -2.11. The topological polar surface area (TPSA) is 43.1 Å². The Morgan fingerprint density at radius 2 is 1.80 bits per heavy atom. The summed E-state index contributed by atoms with van der Waals surface area (Å²) in [6.07, 6.45) is 0. The van der Waals surface area contributed by atoms with E-state index in [0.29, 0.717) is 17.0 Å². The van der Waals surface area contributed by atoms with Crippen molar-refractivity contribution < 1.29 is 4.39 Å². The van der Waals surface area contributed by atoms with Crippen molar-refractivity contribution in [2.24, 2.45) is 0 Å². The molecule has 0 N–H and O–H groups in total. The summed E-state index contributed by atoms with van der Waals surface area (Å²) in [5.41, 5.74) is 2.53. The minimum atomic E-state index is -0.308. The smallest absolute Gasteiger partial charge is 0.185 e. The Bertz CT molecular complexity index is 1020. The highest BCUT2D eigenvalue weighted by Crippen LogP contribution is 2.33. The van der Waals surface area contributed by atoms with E-state index >= 15 is 0 Å². The van der Waals surface area contributed by atoms with Crippen molar-refractivity contribution in [1.29, 1.82) is 0 Å². The van der Waals surface area contributed by atoms with Crippen molar-refractivity contribution in [3.05, 3.63) is 78.1 Å². The molecule has 124 valence electrons. The van der Waals surface area contributed by atoms with Crippen LogP contribution >= 0.6 is 11.8 Å². The molecule has 0 aliphatic carbocycles. The van der Waals surface area contributed by atoms with Gasteiger partial charge in [0, 0.05) is 10.8 Å². The Morgan fingerprint density at radius 1 is 0.960 bits per heavy atom. The molecule has 4 aromatic rings. The van der Waals surface area contributed by atoms with Gasteiger partial charge in [-0.25, -0.2) is 4.39 Å². The molecule has 0 bridgehead atoms. The van der Waals surface area contributed by atoms with Crippen LogP contribution in [0.4, 0.5) is 4.39 Å². The van der Waals surface area contributed by atoms with Crippen LogP contribution in [0.25, 0.3) is 17.0 Å². The highest BCUT2D eigenvalue weighted by Gasteiger charge is 2.13. The van der Waals surface area contributed by atoms with Crippen LogP contribution < -0.4 is 0 Å². The average molecular weight is 350 g/mol. The van der Waals surface area contributed by atoms with Crippen molar-refractivity contribution in [1.82, 2.24) is 19.8 Å². The molecule has 0 fully saturated rings. The van der Waals surface area contributed by atoms with Gasteiger partial charge in [0.2, 0.25) is 0 Å². The lowest BCUT2D eigenvalue weighted by Crippen LogP contribution is -1.98. The molecule has 1 unspecified atom stereocenters. The van der Waals surface area contributed by atoms with Gasteiger partial charge in [-0.05, 0) is 36.8 Å². The van der Waals surface area contributed by atoms with E-state index in [-0.39, 0.29) is 11.1 Å². The van der Waals surface area contributed by atoms with Crippen LogP contribution in [0.15, 0.2) is 71.8 Å². The molecule has 0 aliphatic heterocycles. The first-order valence-corrected chi connectivity index (χ1v) is 8.79. The zero-order valence-corrected chi connectivity index (χ0v) is 14.3. The first-order chi connectivity index (χ1) is 12.2. The van der Waals surface area contributed by atoms with E-state index < -0.39 is 0 Å². The fourth-order valence-corrected chi connectivity index (χ4v) is 3.55. The van der Waals surface area contributed by atoms with Gasteiger partial charge in [-0.15, -0.1) is 10.2 Å². The normalized spacial score (nSPS) is 12.4. The molecule has 0 spiro atoms. The van der Waals surface area contributed by atoms with Crippen LogP contribution in [0.1, 0.15) is 17.7 Å². The second kappa shape index (κ2) is 6.64. The highest BCUT2D eigenvalue weighted by atomic mass is 32.2. The van der Waals surface area contributed by atoms with Gasteiger partial charge in [0.25, 0.3) is 0 Å². The van der Waals surface area contributed by atoms with Gasteiger partial charge in [0.1, 0.15) is 10.8 Å². The Kier molecular flexibility index (Phi) is 4.19. The Morgan fingerprint density at radius 3 is 2.60 bits per heavy atom. The number of hydrogen-bond donors (Lipinski definition) is 0. The van der Waals surface area contributed by atoms with Gasteiger partial charge < -0.3 is 0 Å². The molecular weight excluding hydrogens is 335 g/mol. The summed E-state index contributed by atoms with van der Waals surface area (Å²) in [5.74, 6) is 0.224. The van der Waals surface area contributed by atoms with Crippen LogP contribution in [0.2, 0.25) is 0 Å². The van der Waals surface area contributed by atoms with Gasteiger partial charge in [-0.1, -0.05) is 54.2 Å². The summed E-state index contributed by atoms with van der Waals surface area (Å²) in [7, 11) is 0. The molecule has 0 saturated heterocycles. The van der Waals surface area contributed by atoms with E-state index in [1.807, 2.05) is 30.3 Å². The third-order valence-corrected chi connectivity index (χ3v) is 4.97. The lowest BCUT2D eigenvalue weighted by molar-refractivity contribution is 0.628. The molecule has 2 aromatic carbocycles. The van der Waals surface area contributed by atoms with E-state index in [1.54, 1.807) is 28.4 Å². The van der Waals surface area contributed by atoms with Gasteiger partial charge in [0.15, 0.2) is 11.5 Å². The number of halogens is 1. The van der Waals surface area contributed by atoms with Crippen molar-refractivity contribution in [2.75, 3.05) is 0 Å². The molecule has 4 rings (SSSR count). The Labute approximate surface area is 148 Å². The van der Waals surface area contributed by atoms with E-state index in [2.05, 4.69) is 34.4 Å². The number of rotatable bonds is 4. The second-order valence-electron chi connectivity index (χ2n) is 5.65. The zero-order valence-electron chi connectivity index (χ0n) is 13.5. The summed E-state index contributed by atoms with van der Waals surface area (Å²) < 4.78 is 15.2. The quantitative estimate of drug-likeness (QED) is 0.497. The SMILES string of the molecule is CC(Sc1ccc2nnc(-c3cccc(F)c3)n2n1)c1ccccc1. The van der Waals surface area contributed by atoms with Gasteiger partial charge in [-0.3, -0.25) is 0 Å². The maximum Gasteiger partial charge on any atom is 0.185 e. The fraction of sp³-hybridized carbons (Fsp3) is 0.105. The van der Waals surface area contributed by atoms with Crippen molar-refractivity contribution in [3.8, 4) is 11.4 Å². The number of fused-ring (bicyclic) bond motifs is 1. The average Bonchev–Trinajstić information content (AvgIpc) is 3.06. The molecule has 6 heteroatoms. The number of benzene rings is 2. The minimum Gasteiger partial charge on any atom is -0.207 e. The number of nitrogens with zero attached hydrogens (tertiary/aromatic N) is 4. The molecule has 2 heterocycles. The lowest BCUT2D eigenvalue weighted by atomic mass is 10.2. The Balaban J connectivity index is 1.69. The van der Waals surface area contributed by atoms with Gasteiger partial charge in [0.05, 0.1) is 0 Å². The van der Waals surface area contributed by atoms with Crippen LogP contribution in [-0.4, -0.2) is 19.8 Å². The Hall–Kier alpha value is -2.73. The maximum absolute atomic E-state index is 13.5. The number of aromatic nitrogens is 4. The number of thioether (sulfide) groups is 1. The predicted octanol–water partition coefficient (Wildman–Crippen LogP) is 4.78. The fourth-order valence-electron chi connectivity index (χ4n) is 2.62. The molecule has 0 amide bonds. The minimum absolute atomic E-state index is 0.264. The van der Waals surface area contributed by atoms with Crippen molar-refractivity contribution in [3.63, 3.8) is 0 Å². The summed E-state index contributed by atoms with van der Waals surface area (Å²) >= 11 is 1.66. The molecule has 4 nitrogen and oxygen atoms in total. The third kappa shape index (κ3) is 3.25. The predicted molar refractivity (Wildman–Crippen MR) is 96.9 cm³/mol. The van der Waals surface area contributed by atoms with E-state index in [1.165, 1.54) is 17.7 Å². The molecule has 1 atom stereocenters. The number of hydrogen-bond acceptors (Lipinski definition) is 4. The van der Waals surface area contributed by atoms with E-state index in [9.17, 15) is 4.39 Å². The molecule has 0 saturated carbocycles. The maximum atomic E-state index is 13.5. The third-order valence-electron chi connectivity index (χ3n) is 3.89. The first-order valence-electron chi connectivity index (χ1n) is 7.91. The standard InChI is InChI=1S/C19H15FN4S/c1-13(14-6-3-2-4-7-14)25-18-11-10-17-21-22-19(24(17)23-18)15-8-5-9-16(20)12-15/h2-13H,1H3. The molecule has 2 aromatic heterocycles. The van der Waals surface area contributed by atoms with Crippen molar-refractivity contribution >= 4 is 17.4 Å². The summed E-state index contributed by atoms with van der Waals surface area (Å²) in [4.78, 5) is 0. The van der Waals surface area contributed by atoms with Crippen LogP contribution in [-0.2, 0) is 0 Å². The second-order valence-corrected chi connectivity index (χ2v) is 7.01. The summed E-state index contributed by atoms with van der Waals surface area (Å²) in [5, 5.41) is 14.0. The van der Waals surface area contributed by atoms with Crippen LogP contribution in [0, 0.1) is 5.82 Å². The monoisotopic (exact) mass is 350 g/mol. The van der Waals surface area contributed by atoms with E-state index in [4.69, 9.17) is 0 Å². The summed E-state index contributed by atoms with van der Waals surface area (Å²) in [6, 6.07) is 20.4. The van der Waals surface area contributed by atoms with Crippen LogP contribution in [0.5, 0.6) is 0 Å². The molecule has 0 radical (unpaired) electrons. The molecule has 0 aliphatic rings. The highest BCUT2D eigenvalue weighted by molar-refractivity contribution is 7.99. The van der Waals surface area contributed by atoms with Gasteiger partial charge >= 0.3 is 0 Å². The molecular formula is C19H15FN4S. The van der Waals surface area contributed by atoms with E-state index in [0.717, 1.165) is 5.03 Å².